The molecule has 2 heterocycles. The fourth-order valence-electron chi connectivity index (χ4n) is 3.41. The summed E-state index contributed by atoms with van der Waals surface area (Å²) in [5, 5.41) is 9.17. The van der Waals surface area contributed by atoms with Gasteiger partial charge in [-0.2, -0.15) is 0 Å². The van der Waals surface area contributed by atoms with Crippen LogP contribution in [0, 0.1) is 0 Å². The van der Waals surface area contributed by atoms with E-state index >= 15 is 0 Å². The van der Waals surface area contributed by atoms with E-state index in [4.69, 9.17) is 16.3 Å². The van der Waals surface area contributed by atoms with E-state index in [2.05, 4.69) is 16.0 Å². The van der Waals surface area contributed by atoms with Gasteiger partial charge in [0.15, 0.2) is 0 Å². The molecule has 3 N–H and O–H groups in total. The molecule has 0 aliphatic carbocycles. The molecule has 0 radical (unpaired) electrons. The molecule has 144 valence electrons. The van der Waals surface area contributed by atoms with Crippen LogP contribution in [0.15, 0.2) is 54.4 Å². The number of amides is 2. The topological polar surface area (TPSA) is 79.5 Å². The minimum atomic E-state index is -0.409. The molecule has 0 saturated carbocycles. The van der Waals surface area contributed by atoms with Gasteiger partial charge in [0, 0.05) is 18.2 Å². The minimum absolute atomic E-state index is 0.233. The van der Waals surface area contributed by atoms with Gasteiger partial charge in [-0.3, -0.25) is 14.9 Å². The third kappa shape index (κ3) is 3.82. The van der Waals surface area contributed by atoms with Crippen molar-refractivity contribution < 1.29 is 14.3 Å². The summed E-state index contributed by atoms with van der Waals surface area (Å²) in [6.07, 6.45) is 2.69. The molecule has 0 bridgehead atoms. The first-order valence-electron chi connectivity index (χ1n) is 9.13. The Morgan fingerprint density at radius 2 is 1.93 bits per heavy atom. The summed E-state index contributed by atoms with van der Waals surface area (Å²) in [4.78, 5) is 23.6. The van der Waals surface area contributed by atoms with Gasteiger partial charge in [0.25, 0.3) is 0 Å². The normalized spacial score (nSPS) is 18.8. The van der Waals surface area contributed by atoms with Crippen LogP contribution in [0.3, 0.4) is 0 Å². The Balaban J connectivity index is 1.52. The van der Waals surface area contributed by atoms with Gasteiger partial charge in [-0.1, -0.05) is 41.9 Å². The van der Waals surface area contributed by atoms with Crippen molar-refractivity contribution in [3.8, 4) is 16.9 Å². The number of carbonyl (C=O) groups is 2. The van der Waals surface area contributed by atoms with E-state index < -0.39 is 5.92 Å². The number of hydrogen-bond acceptors (Lipinski definition) is 5. The van der Waals surface area contributed by atoms with E-state index in [1.165, 1.54) is 0 Å². The van der Waals surface area contributed by atoms with Crippen LogP contribution in [0.25, 0.3) is 11.1 Å². The zero-order valence-corrected chi connectivity index (χ0v) is 15.9. The fraction of sp³-hybridized carbons (Fsp3) is 0.238. The molecule has 0 aromatic heterocycles. The summed E-state index contributed by atoms with van der Waals surface area (Å²) in [6.45, 7) is 1.19. The molecule has 28 heavy (non-hydrogen) atoms. The smallest absolute Gasteiger partial charge is 0.234 e. The second-order valence-electron chi connectivity index (χ2n) is 6.75. The Hall–Kier alpha value is -2.99. The Labute approximate surface area is 167 Å². The molecule has 2 aromatic rings. The van der Waals surface area contributed by atoms with Crippen LogP contribution < -0.4 is 20.7 Å². The fourth-order valence-corrected chi connectivity index (χ4v) is 3.77. The number of piperidine rings is 1. The van der Waals surface area contributed by atoms with Crippen molar-refractivity contribution in [3.63, 3.8) is 0 Å². The van der Waals surface area contributed by atoms with E-state index in [9.17, 15) is 9.59 Å². The molecule has 1 atom stereocenters. The van der Waals surface area contributed by atoms with Gasteiger partial charge in [0.05, 0.1) is 23.3 Å². The van der Waals surface area contributed by atoms with Crippen molar-refractivity contribution in [1.82, 2.24) is 16.0 Å². The Kier molecular flexibility index (Phi) is 5.21. The van der Waals surface area contributed by atoms with Crippen LogP contribution in [-0.4, -0.2) is 25.1 Å². The molecule has 2 aliphatic heterocycles. The number of ether oxygens (including phenoxy) is 1. The van der Waals surface area contributed by atoms with E-state index in [1.807, 2.05) is 48.7 Å². The second-order valence-corrected chi connectivity index (χ2v) is 7.13. The lowest BCUT2D eigenvalue weighted by Gasteiger charge is -2.23. The van der Waals surface area contributed by atoms with E-state index in [-0.39, 0.29) is 11.8 Å². The Morgan fingerprint density at radius 3 is 2.64 bits per heavy atom. The third-order valence-electron chi connectivity index (χ3n) is 4.90. The van der Waals surface area contributed by atoms with E-state index in [0.29, 0.717) is 24.5 Å². The summed E-state index contributed by atoms with van der Waals surface area (Å²) < 4.78 is 5.77. The number of rotatable bonds is 5. The first-order chi connectivity index (χ1) is 13.6. The summed E-state index contributed by atoms with van der Waals surface area (Å²) in [5.74, 6) is -0.170. The highest BCUT2D eigenvalue weighted by molar-refractivity contribution is 6.34. The first-order valence-corrected chi connectivity index (χ1v) is 9.51. The van der Waals surface area contributed by atoms with Crippen LogP contribution >= 0.6 is 11.6 Å². The lowest BCUT2D eigenvalue weighted by molar-refractivity contribution is -0.134. The van der Waals surface area contributed by atoms with Crippen LogP contribution in [0.1, 0.15) is 24.3 Å². The van der Waals surface area contributed by atoms with Gasteiger partial charge in [-0.15, -0.1) is 0 Å². The maximum Gasteiger partial charge on any atom is 0.234 e. The quantitative estimate of drug-likeness (QED) is 0.676. The number of carbonyl (C=O) groups excluding carboxylic acids is 2. The predicted molar refractivity (Wildman–Crippen MR) is 107 cm³/mol. The van der Waals surface area contributed by atoms with Crippen LogP contribution in [0.5, 0.6) is 5.75 Å². The molecule has 2 amide bonds. The second kappa shape index (κ2) is 7.94. The maximum atomic E-state index is 12.2. The average molecular weight is 398 g/mol. The number of nitrogens with one attached hydrogen (secondary N) is 3. The SMILES string of the molecule is O=C1CCC(c2cccc(-c3ccc(OCC4=CNCN4)cc3)c2Cl)C(=O)N1. The molecule has 4 rings (SSSR count). The summed E-state index contributed by atoms with van der Waals surface area (Å²) in [5.41, 5.74) is 3.53. The van der Waals surface area contributed by atoms with Crippen molar-refractivity contribution in [3.05, 3.63) is 64.9 Å². The molecule has 1 unspecified atom stereocenters. The molecule has 2 aromatic carbocycles. The molecular formula is C21H20ClN3O3. The van der Waals surface area contributed by atoms with Crippen molar-refractivity contribution >= 4 is 23.4 Å². The summed E-state index contributed by atoms with van der Waals surface area (Å²) >= 11 is 6.65. The molecule has 2 aliphatic rings. The zero-order chi connectivity index (χ0) is 19.5. The monoisotopic (exact) mass is 397 g/mol. The number of benzene rings is 2. The number of hydrogen-bond donors (Lipinski definition) is 3. The summed E-state index contributed by atoms with van der Waals surface area (Å²) in [6, 6.07) is 13.3. The standard InChI is InChI=1S/C21H20ClN3O3/c22-20-16(2-1-3-17(20)18-8-9-19(26)25-21(18)27)13-4-6-15(7-5-13)28-11-14-10-23-12-24-14/h1-7,10,18,23-24H,8-9,11-12H2,(H,25,26,27). The lowest BCUT2D eigenvalue weighted by atomic mass is 9.88. The van der Waals surface area contributed by atoms with Crippen molar-refractivity contribution in [2.45, 2.75) is 18.8 Å². The zero-order valence-electron chi connectivity index (χ0n) is 15.1. The van der Waals surface area contributed by atoms with E-state index in [0.717, 1.165) is 34.8 Å². The predicted octanol–water partition coefficient (Wildman–Crippen LogP) is 2.90. The van der Waals surface area contributed by atoms with Gasteiger partial charge in [0.1, 0.15) is 12.4 Å². The van der Waals surface area contributed by atoms with Gasteiger partial charge >= 0.3 is 0 Å². The van der Waals surface area contributed by atoms with E-state index in [1.54, 1.807) is 0 Å². The van der Waals surface area contributed by atoms with Gasteiger partial charge in [0.2, 0.25) is 11.8 Å². The molecule has 6 nitrogen and oxygen atoms in total. The minimum Gasteiger partial charge on any atom is -0.487 e. The van der Waals surface area contributed by atoms with Crippen LogP contribution in [0.2, 0.25) is 5.02 Å². The van der Waals surface area contributed by atoms with Gasteiger partial charge < -0.3 is 15.4 Å². The number of halogens is 1. The lowest BCUT2D eigenvalue weighted by Crippen LogP contribution is -2.39. The largest absolute Gasteiger partial charge is 0.487 e. The average Bonchev–Trinajstić information content (AvgIpc) is 3.21. The molecule has 1 fully saturated rings. The van der Waals surface area contributed by atoms with Crippen LogP contribution in [-0.2, 0) is 9.59 Å². The summed E-state index contributed by atoms with van der Waals surface area (Å²) in [7, 11) is 0. The van der Waals surface area contributed by atoms with Gasteiger partial charge in [-0.25, -0.2) is 0 Å². The van der Waals surface area contributed by atoms with Crippen molar-refractivity contribution in [2.24, 2.45) is 0 Å². The van der Waals surface area contributed by atoms with Crippen LogP contribution in [0.4, 0.5) is 0 Å². The Morgan fingerprint density at radius 1 is 1.11 bits per heavy atom. The molecule has 0 spiro atoms. The molecule has 1 saturated heterocycles. The van der Waals surface area contributed by atoms with Crippen molar-refractivity contribution in [2.75, 3.05) is 13.3 Å². The highest BCUT2D eigenvalue weighted by Crippen LogP contribution is 2.37. The third-order valence-corrected chi connectivity index (χ3v) is 5.32. The maximum absolute atomic E-state index is 12.2. The number of imide groups is 1. The first kappa shape index (κ1) is 18.4. The highest BCUT2D eigenvalue weighted by Gasteiger charge is 2.30. The Bertz CT molecular complexity index is 940. The van der Waals surface area contributed by atoms with Crippen molar-refractivity contribution in [1.29, 1.82) is 0 Å². The molecular weight excluding hydrogens is 378 g/mol. The van der Waals surface area contributed by atoms with Gasteiger partial charge in [-0.05, 0) is 29.7 Å². The highest BCUT2D eigenvalue weighted by atomic mass is 35.5. The molecule has 7 heteroatoms.